The molecule has 0 spiro atoms. The highest BCUT2D eigenvalue weighted by Crippen LogP contribution is 2.40. The summed E-state index contributed by atoms with van der Waals surface area (Å²) in [7, 11) is 1.11. The Bertz CT molecular complexity index is 446. The van der Waals surface area contributed by atoms with Crippen molar-refractivity contribution in [2.45, 2.75) is 12.6 Å². The van der Waals surface area contributed by atoms with Crippen molar-refractivity contribution in [2.24, 2.45) is 0 Å². The van der Waals surface area contributed by atoms with Crippen LogP contribution in [0.2, 0.25) is 5.02 Å². The molecule has 0 unspecified atom stereocenters. The van der Waals surface area contributed by atoms with Crippen molar-refractivity contribution in [1.82, 2.24) is 0 Å². The minimum absolute atomic E-state index is 0.0639. The van der Waals surface area contributed by atoms with E-state index in [4.69, 9.17) is 11.6 Å². The fourth-order valence-electron chi connectivity index (χ4n) is 1.27. The fourth-order valence-corrected chi connectivity index (χ4v) is 2.04. The number of rotatable bonds is 2. The summed E-state index contributed by atoms with van der Waals surface area (Å²) in [5.74, 6) is -0.746. The maximum absolute atomic E-state index is 12.8. The Hall–Kier alpha value is -0.750. The van der Waals surface area contributed by atoms with Gasteiger partial charge in [-0.1, -0.05) is 17.7 Å². The zero-order valence-electron chi connectivity index (χ0n) is 8.57. The van der Waals surface area contributed by atoms with Gasteiger partial charge in [-0.15, -0.1) is 0 Å². The van der Waals surface area contributed by atoms with E-state index in [2.05, 4.69) is 20.7 Å². The van der Waals surface area contributed by atoms with Crippen molar-refractivity contribution in [1.29, 1.82) is 0 Å². The van der Waals surface area contributed by atoms with Crippen molar-refractivity contribution in [3.63, 3.8) is 0 Å². The number of carbonyl (C=O) groups is 1. The van der Waals surface area contributed by atoms with Crippen molar-refractivity contribution >= 4 is 33.5 Å². The molecule has 0 N–H and O–H groups in total. The van der Waals surface area contributed by atoms with E-state index in [1.54, 1.807) is 0 Å². The molecule has 2 nitrogen and oxygen atoms in total. The van der Waals surface area contributed by atoms with Gasteiger partial charge in [-0.05, 0) is 27.6 Å². The lowest BCUT2D eigenvalue weighted by Crippen LogP contribution is -2.14. The summed E-state index contributed by atoms with van der Waals surface area (Å²) in [5, 5.41) is -0.0639. The van der Waals surface area contributed by atoms with Gasteiger partial charge in [0.15, 0.2) is 0 Å². The quantitative estimate of drug-likeness (QED) is 0.770. The van der Waals surface area contributed by atoms with Crippen molar-refractivity contribution in [3.05, 3.63) is 32.8 Å². The predicted molar refractivity (Wildman–Crippen MR) is 59.9 cm³/mol. The van der Waals surface area contributed by atoms with Gasteiger partial charge < -0.3 is 4.74 Å². The molecule has 94 valence electrons. The second-order valence-corrected chi connectivity index (χ2v) is 4.35. The maximum atomic E-state index is 12.8. The molecule has 0 saturated carbocycles. The molecule has 17 heavy (non-hydrogen) atoms. The lowest BCUT2D eigenvalue weighted by atomic mass is 10.0. The molecule has 7 heteroatoms. The number of benzene rings is 1. The van der Waals surface area contributed by atoms with Gasteiger partial charge >= 0.3 is 12.1 Å². The van der Waals surface area contributed by atoms with Crippen LogP contribution < -0.4 is 0 Å². The number of ether oxygens (including phenoxy) is 1. The maximum Gasteiger partial charge on any atom is 0.417 e. The molecule has 0 aliphatic rings. The van der Waals surface area contributed by atoms with Crippen LogP contribution in [0.5, 0.6) is 0 Å². The van der Waals surface area contributed by atoms with E-state index < -0.39 is 24.1 Å². The molecule has 0 radical (unpaired) electrons. The van der Waals surface area contributed by atoms with Gasteiger partial charge in [-0.3, -0.25) is 4.79 Å². The molecule has 0 bridgehead atoms. The van der Waals surface area contributed by atoms with Crippen LogP contribution in [0.4, 0.5) is 13.2 Å². The molecule has 0 saturated heterocycles. The Labute approximate surface area is 109 Å². The van der Waals surface area contributed by atoms with E-state index in [-0.39, 0.29) is 15.1 Å². The third-order valence-electron chi connectivity index (χ3n) is 2.03. The summed E-state index contributed by atoms with van der Waals surface area (Å²) < 4.78 is 42.5. The SMILES string of the molecule is COC(=O)Cc1ccc(Cl)c(Br)c1C(F)(F)F. The fraction of sp³-hybridized carbons (Fsp3) is 0.300. The summed E-state index contributed by atoms with van der Waals surface area (Å²) in [5.41, 5.74) is -1.13. The molecule has 1 aromatic carbocycles. The molecular formula is C10H7BrClF3O2. The van der Waals surface area contributed by atoms with Gasteiger partial charge in [0.25, 0.3) is 0 Å². The first kappa shape index (κ1) is 14.3. The van der Waals surface area contributed by atoms with Crippen LogP contribution in [-0.4, -0.2) is 13.1 Å². The second-order valence-electron chi connectivity index (χ2n) is 3.15. The Balaban J connectivity index is 3.31. The molecule has 0 amide bonds. The Morgan fingerprint density at radius 1 is 1.47 bits per heavy atom. The number of hydrogen-bond donors (Lipinski definition) is 0. The predicted octanol–water partition coefficient (Wildman–Crippen LogP) is 3.84. The normalized spacial score (nSPS) is 11.4. The van der Waals surface area contributed by atoms with Crippen LogP contribution in [0.1, 0.15) is 11.1 Å². The van der Waals surface area contributed by atoms with E-state index in [0.717, 1.165) is 13.2 Å². The third-order valence-corrected chi connectivity index (χ3v) is 3.39. The Morgan fingerprint density at radius 3 is 2.53 bits per heavy atom. The average molecular weight is 332 g/mol. The Kier molecular flexibility index (Phi) is 4.43. The summed E-state index contributed by atoms with van der Waals surface area (Å²) in [6, 6.07) is 2.45. The number of halogens is 5. The minimum atomic E-state index is -4.59. The van der Waals surface area contributed by atoms with Gasteiger partial charge in [-0.25, -0.2) is 0 Å². The van der Waals surface area contributed by atoms with Crippen LogP contribution in [0.25, 0.3) is 0 Å². The first-order chi connectivity index (χ1) is 7.77. The van der Waals surface area contributed by atoms with E-state index >= 15 is 0 Å². The highest BCUT2D eigenvalue weighted by Gasteiger charge is 2.37. The molecule has 0 aromatic heterocycles. The van der Waals surface area contributed by atoms with Crippen LogP contribution >= 0.6 is 27.5 Å². The Morgan fingerprint density at radius 2 is 2.06 bits per heavy atom. The van der Waals surface area contributed by atoms with E-state index in [9.17, 15) is 18.0 Å². The summed E-state index contributed by atoms with van der Waals surface area (Å²) in [6.07, 6.45) is -5.05. The highest BCUT2D eigenvalue weighted by molar-refractivity contribution is 9.10. The van der Waals surface area contributed by atoms with Gasteiger partial charge in [-0.2, -0.15) is 13.2 Å². The van der Waals surface area contributed by atoms with Crippen molar-refractivity contribution in [3.8, 4) is 0 Å². The first-order valence-electron chi connectivity index (χ1n) is 4.38. The molecule has 1 aromatic rings. The monoisotopic (exact) mass is 330 g/mol. The van der Waals surface area contributed by atoms with Gasteiger partial charge in [0.1, 0.15) is 0 Å². The van der Waals surface area contributed by atoms with Crippen molar-refractivity contribution in [2.75, 3.05) is 7.11 Å². The topological polar surface area (TPSA) is 26.3 Å². The molecular weight excluding hydrogens is 324 g/mol. The smallest absolute Gasteiger partial charge is 0.417 e. The highest BCUT2D eigenvalue weighted by atomic mass is 79.9. The standard InChI is InChI=1S/C10H7BrClF3O2/c1-17-7(16)4-5-2-3-6(12)9(11)8(5)10(13,14)15/h2-3H,4H2,1H3. The van der Waals surface area contributed by atoms with Gasteiger partial charge in [0.2, 0.25) is 0 Å². The van der Waals surface area contributed by atoms with Crippen LogP contribution in [-0.2, 0) is 22.1 Å². The second kappa shape index (κ2) is 5.27. The van der Waals surface area contributed by atoms with E-state index in [0.29, 0.717) is 0 Å². The summed E-state index contributed by atoms with van der Waals surface area (Å²) >= 11 is 8.37. The molecule has 0 atom stereocenters. The number of alkyl halides is 3. The molecule has 0 heterocycles. The number of methoxy groups -OCH3 is 1. The third kappa shape index (κ3) is 3.35. The number of esters is 1. The first-order valence-corrected chi connectivity index (χ1v) is 5.55. The zero-order chi connectivity index (χ0) is 13.2. The number of carbonyl (C=O) groups excluding carboxylic acids is 1. The molecule has 0 fully saturated rings. The van der Waals surface area contributed by atoms with Crippen LogP contribution in [0.15, 0.2) is 16.6 Å². The largest absolute Gasteiger partial charge is 0.469 e. The zero-order valence-corrected chi connectivity index (χ0v) is 10.9. The molecule has 0 aliphatic heterocycles. The van der Waals surface area contributed by atoms with Crippen LogP contribution in [0, 0.1) is 0 Å². The summed E-state index contributed by atoms with van der Waals surface area (Å²) in [6.45, 7) is 0. The average Bonchev–Trinajstić information content (AvgIpc) is 2.21. The summed E-state index contributed by atoms with van der Waals surface area (Å²) in [4.78, 5) is 11.0. The lowest BCUT2D eigenvalue weighted by molar-refractivity contribution is -0.141. The van der Waals surface area contributed by atoms with Gasteiger partial charge in [0.05, 0.1) is 24.1 Å². The molecule has 0 aliphatic carbocycles. The van der Waals surface area contributed by atoms with E-state index in [1.807, 2.05) is 0 Å². The van der Waals surface area contributed by atoms with E-state index in [1.165, 1.54) is 6.07 Å². The number of hydrogen-bond acceptors (Lipinski definition) is 2. The van der Waals surface area contributed by atoms with Gasteiger partial charge in [0, 0.05) is 4.47 Å². The van der Waals surface area contributed by atoms with Crippen LogP contribution in [0.3, 0.4) is 0 Å². The lowest BCUT2D eigenvalue weighted by Gasteiger charge is -2.15. The molecule has 1 rings (SSSR count). The van der Waals surface area contributed by atoms with Crippen molar-refractivity contribution < 1.29 is 22.7 Å². The minimum Gasteiger partial charge on any atom is -0.469 e.